The van der Waals surface area contributed by atoms with Crippen molar-refractivity contribution in [2.45, 2.75) is 58.3 Å². The van der Waals surface area contributed by atoms with E-state index in [0.29, 0.717) is 5.15 Å². The quantitative estimate of drug-likeness (QED) is 0.829. The lowest BCUT2D eigenvalue weighted by Gasteiger charge is -2.28. The van der Waals surface area contributed by atoms with Gasteiger partial charge in [-0.15, -0.1) is 0 Å². The van der Waals surface area contributed by atoms with E-state index in [9.17, 15) is 0 Å². The first-order chi connectivity index (χ1) is 8.20. The molecule has 1 fully saturated rings. The van der Waals surface area contributed by atoms with Crippen molar-refractivity contribution in [2.24, 2.45) is 0 Å². The minimum atomic E-state index is -0.185. The van der Waals surface area contributed by atoms with Gasteiger partial charge >= 0.3 is 0 Å². The van der Waals surface area contributed by atoms with Crippen molar-refractivity contribution < 1.29 is 4.74 Å². The van der Waals surface area contributed by atoms with Gasteiger partial charge in [-0.05, 0) is 52.7 Å². The second-order valence-corrected chi connectivity index (χ2v) is 6.58. The fraction of sp³-hybridized carbons (Fsp3) is 0.643. The van der Waals surface area contributed by atoms with Crippen LogP contribution in [0.5, 0.6) is 0 Å². The van der Waals surface area contributed by atoms with Gasteiger partial charge in [-0.1, -0.05) is 11.6 Å². The van der Waals surface area contributed by atoms with Crippen LogP contribution in [-0.2, 0) is 4.74 Å². The predicted octanol–water partition coefficient (Wildman–Crippen LogP) is 3.80. The van der Waals surface area contributed by atoms with Crippen LogP contribution in [0.3, 0.4) is 0 Å². The first-order valence-electron chi connectivity index (χ1n) is 6.28. The van der Waals surface area contributed by atoms with Crippen molar-refractivity contribution >= 4 is 17.3 Å². The van der Waals surface area contributed by atoms with Crippen molar-refractivity contribution in [3.05, 3.63) is 23.0 Å². The van der Waals surface area contributed by atoms with E-state index < -0.39 is 0 Å². The topological polar surface area (TPSA) is 34.2 Å². The highest BCUT2D eigenvalue weighted by molar-refractivity contribution is 6.29. The van der Waals surface area contributed by atoms with E-state index in [0.717, 1.165) is 17.7 Å². The lowest BCUT2D eigenvalue weighted by atomic mass is 9.94. The average molecular weight is 269 g/mol. The Morgan fingerprint density at radius 1 is 1.39 bits per heavy atom. The highest BCUT2D eigenvalue weighted by atomic mass is 35.5. The fourth-order valence-electron chi connectivity index (χ4n) is 2.65. The average Bonchev–Trinajstić information content (AvgIpc) is 2.39. The summed E-state index contributed by atoms with van der Waals surface area (Å²) >= 11 is 5.87. The zero-order valence-corrected chi connectivity index (χ0v) is 12.4. The first kappa shape index (κ1) is 13.6. The summed E-state index contributed by atoms with van der Waals surface area (Å²) < 4.78 is 6.08. The monoisotopic (exact) mass is 268 g/mol. The molecule has 0 aromatic carbocycles. The molecule has 1 atom stereocenters. The molecule has 1 aliphatic heterocycles. The molecule has 1 aromatic heterocycles. The van der Waals surface area contributed by atoms with Gasteiger partial charge in [0.1, 0.15) is 5.15 Å². The number of pyridine rings is 1. The molecular formula is C14H21ClN2O. The molecule has 1 saturated heterocycles. The van der Waals surface area contributed by atoms with Gasteiger partial charge in [-0.25, -0.2) is 4.98 Å². The Kier molecular flexibility index (Phi) is 3.32. The van der Waals surface area contributed by atoms with E-state index in [1.165, 1.54) is 0 Å². The summed E-state index contributed by atoms with van der Waals surface area (Å²) in [6.07, 6.45) is 2.77. The maximum atomic E-state index is 6.08. The molecule has 1 aliphatic rings. The second kappa shape index (κ2) is 4.39. The predicted molar refractivity (Wildman–Crippen MR) is 75.3 cm³/mol. The van der Waals surface area contributed by atoms with Crippen LogP contribution in [0.1, 0.15) is 39.7 Å². The van der Waals surface area contributed by atoms with Gasteiger partial charge in [0.05, 0.1) is 29.1 Å². The lowest BCUT2D eigenvalue weighted by molar-refractivity contribution is -0.0662. The Hall–Kier alpha value is -0.800. The van der Waals surface area contributed by atoms with Crippen LogP contribution in [-0.4, -0.2) is 22.2 Å². The Labute approximate surface area is 114 Å². The number of halogens is 1. The highest BCUT2D eigenvalue weighted by Crippen LogP contribution is 2.39. The molecular weight excluding hydrogens is 248 g/mol. The molecule has 0 bridgehead atoms. The number of aryl methyl sites for hydroxylation is 1. The standard InChI is InChI=1S/C14H21ClN2O/c1-9-6-12(15)16-8-10(9)17-11-7-13(2,3)18-14(11,4)5/h6,8,11,17H,7H2,1-5H3. The Bertz CT molecular complexity index is 457. The molecule has 2 rings (SSSR count). The molecule has 0 saturated carbocycles. The van der Waals surface area contributed by atoms with Gasteiger partial charge < -0.3 is 10.1 Å². The van der Waals surface area contributed by atoms with Crippen LogP contribution < -0.4 is 5.32 Å². The molecule has 2 heterocycles. The van der Waals surface area contributed by atoms with Crippen molar-refractivity contribution in [1.82, 2.24) is 4.98 Å². The number of hydrogen-bond donors (Lipinski definition) is 1. The van der Waals surface area contributed by atoms with Crippen molar-refractivity contribution in [3.8, 4) is 0 Å². The molecule has 100 valence electrons. The van der Waals surface area contributed by atoms with E-state index in [1.54, 1.807) is 6.20 Å². The van der Waals surface area contributed by atoms with E-state index in [4.69, 9.17) is 16.3 Å². The van der Waals surface area contributed by atoms with Crippen molar-refractivity contribution in [1.29, 1.82) is 0 Å². The number of nitrogens with zero attached hydrogens (tertiary/aromatic N) is 1. The van der Waals surface area contributed by atoms with Crippen LogP contribution in [0.2, 0.25) is 5.15 Å². The fourth-order valence-corrected chi connectivity index (χ4v) is 2.86. The minimum Gasteiger partial charge on any atom is -0.378 e. The number of nitrogens with one attached hydrogen (secondary N) is 1. The number of anilines is 1. The summed E-state index contributed by atoms with van der Waals surface area (Å²) in [7, 11) is 0. The van der Waals surface area contributed by atoms with Crippen LogP contribution in [0.25, 0.3) is 0 Å². The number of hydrogen-bond acceptors (Lipinski definition) is 3. The summed E-state index contributed by atoms with van der Waals surface area (Å²) in [4.78, 5) is 4.13. The van der Waals surface area contributed by atoms with E-state index in [-0.39, 0.29) is 17.2 Å². The van der Waals surface area contributed by atoms with Gasteiger partial charge in [0.2, 0.25) is 0 Å². The van der Waals surface area contributed by atoms with Crippen molar-refractivity contribution in [3.63, 3.8) is 0 Å². The molecule has 0 radical (unpaired) electrons. The zero-order valence-electron chi connectivity index (χ0n) is 11.7. The number of ether oxygens (including phenoxy) is 1. The van der Waals surface area contributed by atoms with Gasteiger partial charge in [0.25, 0.3) is 0 Å². The Morgan fingerprint density at radius 2 is 2.06 bits per heavy atom. The summed E-state index contributed by atoms with van der Waals surface area (Å²) in [6, 6.07) is 2.15. The zero-order chi connectivity index (χ0) is 13.6. The van der Waals surface area contributed by atoms with Crippen LogP contribution in [0.15, 0.2) is 12.3 Å². The van der Waals surface area contributed by atoms with Crippen LogP contribution in [0.4, 0.5) is 5.69 Å². The Morgan fingerprint density at radius 3 is 2.56 bits per heavy atom. The van der Waals surface area contributed by atoms with Crippen LogP contribution >= 0.6 is 11.6 Å². The minimum absolute atomic E-state index is 0.0884. The second-order valence-electron chi connectivity index (χ2n) is 6.19. The summed E-state index contributed by atoms with van der Waals surface area (Å²) in [5.41, 5.74) is 1.86. The maximum absolute atomic E-state index is 6.08. The normalized spacial score (nSPS) is 25.1. The molecule has 1 unspecified atom stereocenters. The maximum Gasteiger partial charge on any atom is 0.129 e. The van der Waals surface area contributed by atoms with Crippen molar-refractivity contribution in [2.75, 3.05) is 5.32 Å². The molecule has 1 aromatic rings. The van der Waals surface area contributed by atoms with Gasteiger partial charge in [-0.3, -0.25) is 0 Å². The van der Waals surface area contributed by atoms with E-state index in [2.05, 4.69) is 38.0 Å². The summed E-state index contributed by atoms with van der Waals surface area (Å²) in [6.45, 7) is 10.5. The van der Waals surface area contributed by atoms with Gasteiger partial charge in [-0.2, -0.15) is 0 Å². The van der Waals surface area contributed by atoms with Gasteiger partial charge in [0, 0.05) is 0 Å². The summed E-state index contributed by atoms with van der Waals surface area (Å²) in [5, 5.41) is 4.06. The Balaban J connectivity index is 2.19. The molecule has 1 N–H and O–H groups in total. The highest BCUT2D eigenvalue weighted by Gasteiger charge is 2.45. The number of rotatable bonds is 2. The molecule has 4 heteroatoms. The van der Waals surface area contributed by atoms with E-state index >= 15 is 0 Å². The first-order valence-corrected chi connectivity index (χ1v) is 6.66. The summed E-state index contributed by atoms with van der Waals surface area (Å²) in [5.74, 6) is 0. The third-order valence-electron chi connectivity index (χ3n) is 3.48. The van der Waals surface area contributed by atoms with E-state index in [1.807, 2.05) is 13.0 Å². The largest absolute Gasteiger partial charge is 0.378 e. The lowest BCUT2D eigenvalue weighted by Crippen LogP contribution is -2.38. The molecule has 18 heavy (non-hydrogen) atoms. The third-order valence-corrected chi connectivity index (χ3v) is 3.69. The molecule has 0 aliphatic carbocycles. The van der Waals surface area contributed by atoms with Gasteiger partial charge in [0.15, 0.2) is 0 Å². The SMILES string of the molecule is Cc1cc(Cl)ncc1NC1CC(C)(C)OC1(C)C. The smallest absolute Gasteiger partial charge is 0.129 e. The molecule has 0 spiro atoms. The third kappa shape index (κ3) is 2.78. The molecule has 0 amide bonds. The number of aromatic nitrogens is 1. The van der Waals surface area contributed by atoms with Crippen LogP contribution in [0, 0.1) is 6.92 Å². The molecule has 3 nitrogen and oxygen atoms in total.